The number of alkyl halides is 3. The maximum absolute atomic E-state index is 12.1. The molecule has 0 aliphatic carbocycles. The van der Waals surface area contributed by atoms with E-state index in [0.717, 1.165) is 0 Å². The van der Waals surface area contributed by atoms with Gasteiger partial charge in [0.05, 0.1) is 0 Å². The molecule has 94 valence electrons. The van der Waals surface area contributed by atoms with E-state index in [1.54, 1.807) is 18.2 Å². The molecule has 0 bridgehead atoms. The van der Waals surface area contributed by atoms with Gasteiger partial charge in [-0.15, -0.1) is 13.2 Å². The highest BCUT2D eigenvalue weighted by Gasteiger charge is 2.32. The average molecular weight is 264 g/mol. The van der Waals surface area contributed by atoms with Crippen molar-refractivity contribution in [2.24, 2.45) is 0 Å². The van der Waals surface area contributed by atoms with Gasteiger partial charge in [-0.25, -0.2) is 0 Å². The SMILES string of the molecule is FC(F)(F)Oc1ccccc1OC/C=C/CS. The zero-order chi connectivity index (χ0) is 12.7. The second-order valence-electron chi connectivity index (χ2n) is 2.96. The lowest BCUT2D eigenvalue weighted by Crippen LogP contribution is -2.17. The van der Waals surface area contributed by atoms with Crippen molar-refractivity contribution in [3.05, 3.63) is 36.4 Å². The van der Waals surface area contributed by atoms with Crippen LogP contribution in [-0.4, -0.2) is 18.7 Å². The van der Waals surface area contributed by atoms with Crippen LogP contribution in [0.3, 0.4) is 0 Å². The highest BCUT2D eigenvalue weighted by atomic mass is 32.1. The predicted octanol–water partition coefficient (Wildman–Crippen LogP) is 3.45. The molecule has 1 aromatic rings. The molecule has 0 unspecified atom stereocenters. The third kappa shape index (κ3) is 5.53. The van der Waals surface area contributed by atoms with E-state index in [4.69, 9.17) is 4.74 Å². The number of benzene rings is 1. The first-order valence-corrected chi connectivity index (χ1v) is 5.39. The van der Waals surface area contributed by atoms with Gasteiger partial charge in [0.15, 0.2) is 11.5 Å². The molecule has 0 aliphatic heterocycles. The van der Waals surface area contributed by atoms with Crippen LogP contribution in [0.5, 0.6) is 11.5 Å². The highest BCUT2D eigenvalue weighted by molar-refractivity contribution is 7.80. The van der Waals surface area contributed by atoms with Crippen LogP contribution in [0, 0.1) is 0 Å². The largest absolute Gasteiger partial charge is 0.573 e. The third-order valence-electron chi connectivity index (χ3n) is 1.68. The van der Waals surface area contributed by atoms with E-state index in [9.17, 15) is 13.2 Å². The Balaban J connectivity index is 2.67. The normalized spacial score (nSPS) is 11.8. The summed E-state index contributed by atoms with van der Waals surface area (Å²) in [6.07, 6.45) is -1.33. The molecule has 0 heterocycles. The van der Waals surface area contributed by atoms with Gasteiger partial charge in [0, 0.05) is 5.75 Å². The minimum absolute atomic E-state index is 0.0497. The summed E-state index contributed by atoms with van der Waals surface area (Å²) in [6.45, 7) is 0.165. The molecule has 0 aromatic heterocycles. The summed E-state index contributed by atoms with van der Waals surface area (Å²) < 4.78 is 45.2. The van der Waals surface area contributed by atoms with Crippen LogP contribution in [0.1, 0.15) is 0 Å². The van der Waals surface area contributed by atoms with E-state index in [1.165, 1.54) is 18.2 Å². The molecule has 0 saturated heterocycles. The van der Waals surface area contributed by atoms with Gasteiger partial charge in [0.1, 0.15) is 6.61 Å². The number of hydrogen-bond acceptors (Lipinski definition) is 3. The molecule has 0 radical (unpaired) electrons. The highest BCUT2D eigenvalue weighted by Crippen LogP contribution is 2.31. The van der Waals surface area contributed by atoms with Gasteiger partial charge in [-0.2, -0.15) is 12.6 Å². The van der Waals surface area contributed by atoms with Crippen LogP contribution in [0.15, 0.2) is 36.4 Å². The first kappa shape index (κ1) is 13.8. The second kappa shape index (κ2) is 6.44. The quantitative estimate of drug-likeness (QED) is 0.648. The van der Waals surface area contributed by atoms with E-state index in [2.05, 4.69) is 17.4 Å². The molecular formula is C11H11F3O2S. The first-order chi connectivity index (χ1) is 8.03. The number of para-hydroxylation sites is 2. The van der Waals surface area contributed by atoms with Crippen LogP contribution in [-0.2, 0) is 0 Å². The Hall–Kier alpha value is -1.30. The van der Waals surface area contributed by atoms with E-state index < -0.39 is 6.36 Å². The minimum Gasteiger partial charge on any atom is -0.486 e. The standard InChI is InChI=1S/C11H11F3O2S/c12-11(13,14)16-10-6-2-1-5-9(10)15-7-3-4-8-17/h1-6,17H,7-8H2/b4-3+. The molecule has 0 atom stereocenters. The fourth-order valence-electron chi connectivity index (χ4n) is 1.06. The van der Waals surface area contributed by atoms with Crippen LogP contribution < -0.4 is 9.47 Å². The smallest absolute Gasteiger partial charge is 0.486 e. The van der Waals surface area contributed by atoms with Crippen LogP contribution in [0.4, 0.5) is 13.2 Å². The van der Waals surface area contributed by atoms with Gasteiger partial charge in [-0.3, -0.25) is 0 Å². The first-order valence-electron chi connectivity index (χ1n) is 4.76. The molecule has 0 aliphatic rings. The molecular weight excluding hydrogens is 253 g/mol. The fraction of sp³-hybridized carbons (Fsp3) is 0.273. The van der Waals surface area contributed by atoms with Gasteiger partial charge in [0.25, 0.3) is 0 Å². The van der Waals surface area contributed by atoms with Crippen molar-refractivity contribution < 1.29 is 22.6 Å². The zero-order valence-electron chi connectivity index (χ0n) is 8.78. The topological polar surface area (TPSA) is 18.5 Å². The molecule has 2 nitrogen and oxygen atoms in total. The van der Waals surface area contributed by atoms with Gasteiger partial charge >= 0.3 is 6.36 Å². The van der Waals surface area contributed by atoms with Crippen molar-refractivity contribution in [2.75, 3.05) is 12.4 Å². The summed E-state index contributed by atoms with van der Waals surface area (Å²) in [5, 5.41) is 0. The summed E-state index contributed by atoms with van der Waals surface area (Å²) in [7, 11) is 0. The molecule has 1 aromatic carbocycles. The molecule has 6 heteroatoms. The van der Waals surface area contributed by atoms with Gasteiger partial charge < -0.3 is 9.47 Å². The van der Waals surface area contributed by atoms with Gasteiger partial charge in [-0.05, 0) is 12.1 Å². The number of halogens is 3. The molecule has 0 saturated carbocycles. The fourth-order valence-corrected chi connectivity index (χ4v) is 1.21. The Morgan fingerprint density at radius 2 is 1.76 bits per heavy atom. The summed E-state index contributed by atoms with van der Waals surface area (Å²) in [5.74, 6) is 0.247. The lowest BCUT2D eigenvalue weighted by atomic mass is 10.3. The summed E-state index contributed by atoms with van der Waals surface area (Å²) >= 11 is 3.94. The molecule has 0 spiro atoms. The Kier molecular flexibility index (Phi) is 5.21. The monoisotopic (exact) mass is 264 g/mol. The van der Waals surface area contributed by atoms with Gasteiger partial charge in [0.2, 0.25) is 0 Å². The van der Waals surface area contributed by atoms with Crippen molar-refractivity contribution in [1.29, 1.82) is 0 Å². The van der Waals surface area contributed by atoms with Crippen molar-refractivity contribution >= 4 is 12.6 Å². The summed E-state index contributed by atoms with van der Waals surface area (Å²) in [6, 6.07) is 5.62. The Labute approximate surface area is 102 Å². The van der Waals surface area contributed by atoms with E-state index in [0.29, 0.717) is 5.75 Å². The van der Waals surface area contributed by atoms with E-state index in [-0.39, 0.29) is 18.1 Å². The Bertz CT molecular complexity index is 377. The number of ether oxygens (including phenoxy) is 2. The van der Waals surface area contributed by atoms with Crippen molar-refractivity contribution in [3.8, 4) is 11.5 Å². The van der Waals surface area contributed by atoms with Crippen LogP contribution >= 0.6 is 12.6 Å². The van der Waals surface area contributed by atoms with Crippen molar-refractivity contribution in [2.45, 2.75) is 6.36 Å². The second-order valence-corrected chi connectivity index (χ2v) is 3.32. The molecule has 1 rings (SSSR count). The van der Waals surface area contributed by atoms with E-state index >= 15 is 0 Å². The Morgan fingerprint density at radius 1 is 1.12 bits per heavy atom. The number of thiol groups is 1. The van der Waals surface area contributed by atoms with Crippen LogP contribution in [0.25, 0.3) is 0 Å². The maximum atomic E-state index is 12.1. The lowest BCUT2D eigenvalue weighted by molar-refractivity contribution is -0.275. The molecule has 0 N–H and O–H groups in total. The van der Waals surface area contributed by atoms with E-state index in [1.807, 2.05) is 0 Å². The zero-order valence-corrected chi connectivity index (χ0v) is 9.67. The van der Waals surface area contributed by atoms with Crippen molar-refractivity contribution in [3.63, 3.8) is 0 Å². The Morgan fingerprint density at radius 3 is 2.35 bits per heavy atom. The summed E-state index contributed by atoms with van der Waals surface area (Å²) in [5.41, 5.74) is 0. The summed E-state index contributed by atoms with van der Waals surface area (Å²) in [4.78, 5) is 0. The predicted molar refractivity (Wildman–Crippen MR) is 61.6 cm³/mol. The minimum atomic E-state index is -4.72. The number of rotatable bonds is 5. The number of hydrogen-bond donors (Lipinski definition) is 1. The van der Waals surface area contributed by atoms with Crippen LogP contribution in [0.2, 0.25) is 0 Å². The molecule has 0 amide bonds. The third-order valence-corrected chi connectivity index (χ3v) is 1.89. The lowest BCUT2D eigenvalue weighted by Gasteiger charge is -2.12. The maximum Gasteiger partial charge on any atom is 0.573 e. The molecule has 0 fully saturated rings. The molecule has 17 heavy (non-hydrogen) atoms. The van der Waals surface area contributed by atoms with Crippen molar-refractivity contribution in [1.82, 2.24) is 0 Å². The van der Waals surface area contributed by atoms with Gasteiger partial charge in [-0.1, -0.05) is 24.3 Å². The average Bonchev–Trinajstić information content (AvgIpc) is 2.24.